The van der Waals surface area contributed by atoms with Gasteiger partial charge in [0, 0.05) is 0 Å². The lowest BCUT2D eigenvalue weighted by Crippen LogP contribution is -1.95. The van der Waals surface area contributed by atoms with E-state index in [0.29, 0.717) is 22.8 Å². The fourth-order valence-corrected chi connectivity index (χ4v) is 2.11. The minimum absolute atomic E-state index is 0.0113. The number of aryl methyl sites for hydroxylation is 1. The summed E-state index contributed by atoms with van der Waals surface area (Å²) < 4.78 is 52.1. The topological polar surface area (TPSA) is 23.8 Å². The van der Waals surface area contributed by atoms with Crippen LogP contribution in [0.2, 0.25) is 0 Å². The van der Waals surface area contributed by atoms with Gasteiger partial charge in [0.25, 0.3) is 6.08 Å². The monoisotopic (exact) mass is 305 g/mol. The lowest BCUT2D eigenvalue weighted by molar-refractivity contribution is 0.417. The lowest BCUT2D eigenvalue weighted by Gasteiger charge is -2.08. The second-order valence-corrected chi connectivity index (χ2v) is 4.66. The van der Waals surface area contributed by atoms with Crippen LogP contribution in [0.1, 0.15) is 17.5 Å². The van der Waals surface area contributed by atoms with Gasteiger partial charge in [-0.2, -0.15) is 14.0 Å². The number of nitrogens with zero attached hydrogens (tertiary/aromatic N) is 1. The van der Waals surface area contributed by atoms with Crippen molar-refractivity contribution in [1.82, 2.24) is 0 Å². The summed E-state index contributed by atoms with van der Waals surface area (Å²) in [7, 11) is 0. The largest absolute Gasteiger partial charge is 0.266 e. The molecule has 0 aliphatic rings. The standard InChI is InChI=1S/C17H11F4N/c18-14-8-12(2-1-3-16(20)21)9-15(19)17(14)13-6-4-11(10-22)5-7-13/h3-9H,1-2H2. The maximum absolute atomic E-state index is 14.1. The van der Waals surface area contributed by atoms with E-state index in [0.717, 1.165) is 12.1 Å². The van der Waals surface area contributed by atoms with E-state index in [4.69, 9.17) is 5.26 Å². The van der Waals surface area contributed by atoms with Gasteiger partial charge < -0.3 is 0 Å². The van der Waals surface area contributed by atoms with Crippen molar-refractivity contribution in [3.05, 3.63) is 71.3 Å². The van der Waals surface area contributed by atoms with E-state index in [-0.39, 0.29) is 18.4 Å². The first-order valence-corrected chi connectivity index (χ1v) is 6.51. The molecule has 5 heteroatoms. The van der Waals surface area contributed by atoms with Crippen molar-refractivity contribution in [2.24, 2.45) is 0 Å². The molecule has 1 nitrogen and oxygen atoms in total. The van der Waals surface area contributed by atoms with Crippen LogP contribution in [-0.2, 0) is 6.42 Å². The summed E-state index contributed by atoms with van der Waals surface area (Å²) in [6.45, 7) is 0. The fourth-order valence-electron chi connectivity index (χ4n) is 2.11. The molecule has 22 heavy (non-hydrogen) atoms. The maximum Gasteiger partial charge on any atom is 0.266 e. The number of halogens is 4. The highest BCUT2D eigenvalue weighted by atomic mass is 19.3. The Morgan fingerprint density at radius 3 is 2.14 bits per heavy atom. The Morgan fingerprint density at radius 1 is 1.05 bits per heavy atom. The van der Waals surface area contributed by atoms with Crippen molar-refractivity contribution in [2.45, 2.75) is 12.8 Å². The maximum atomic E-state index is 14.1. The molecule has 2 aromatic carbocycles. The zero-order valence-corrected chi connectivity index (χ0v) is 11.4. The first kappa shape index (κ1) is 15.8. The Labute approximate surface area is 125 Å². The van der Waals surface area contributed by atoms with Crippen LogP contribution in [0.15, 0.2) is 48.6 Å². The molecule has 112 valence electrons. The van der Waals surface area contributed by atoms with Crippen molar-refractivity contribution < 1.29 is 17.6 Å². The van der Waals surface area contributed by atoms with Crippen molar-refractivity contribution in [3.8, 4) is 17.2 Å². The van der Waals surface area contributed by atoms with Gasteiger partial charge in [-0.15, -0.1) is 0 Å². The second kappa shape index (κ2) is 6.90. The van der Waals surface area contributed by atoms with Gasteiger partial charge in [-0.1, -0.05) is 12.1 Å². The summed E-state index contributed by atoms with van der Waals surface area (Å²) in [6, 6.07) is 10.1. The van der Waals surface area contributed by atoms with Gasteiger partial charge in [-0.05, 0) is 54.3 Å². The fraction of sp³-hybridized carbons (Fsp3) is 0.118. The van der Waals surface area contributed by atoms with Crippen LogP contribution >= 0.6 is 0 Å². The summed E-state index contributed by atoms with van der Waals surface area (Å²) in [5, 5.41) is 8.71. The summed E-state index contributed by atoms with van der Waals surface area (Å²) in [4.78, 5) is 0. The predicted octanol–water partition coefficient (Wildman–Crippen LogP) is 5.22. The van der Waals surface area contributed by atoms with Crippen molar-refractivity contribution in [1.29, 1.82) is 5.26 Å². The lowest BCUT2D eigenvalue weighted by atomic mass is 9.99. The summed E-state index contributed by atoms with van der Waals surface area (Å²) in [5.41, 5.74) is 0.821. The van der Waals surface area contributed by atoms with E-state index >= 15 is 0 Å². The molecule has 2 aromatic rings. The van der Waals surface area contributed by atoms with E-state index in [1.807, 2.05) is 6.07 Å². The second-order valence-electron chi connectivity index (χ2n) is 4.66. The highest BCUT2D eigenvalue weighted by molar-refractivity contribution is 5.66. The zero-order valence-electron chi connectivity index (χ0n) is 11.4. The number of hydrogen-bond donors (Lipinski definition) is 0. The van der Waals surface area contributed by atoms with Crippen LogP contribution in [0, 0.1) is 23.0 Å². The SMILES string of the molecule is N#Cc1ccc(-c2c(F)cc(CCC=C(F)F)cc2F)cc1. The molecule has 0 atom stereocenters. The van der Waals surface area contributed by atoms with Gasteiger partial charge in [0.15, 0.2) is 0 Å². The van der Waals surface area contributed by atoms with Gasteiger partial charge in [0.1, 0.15) is 11.6 Å². The minimum atomic E-state index is -1.81. The quantitative estimate of drug-likeness (QED) is 0.711. The van der Waals surface area contributed by atoms with Crippen LogP contribution in [0.3, 0.4) is 0 Å². The van der Waals surface area contributed by atoms with Crippen LogP contribution < -0.4 is 0 Å². The Bertz CT molecular complexity index is 715. The van der Waals surface area contributed by atoms with Crippen LogP contribution in [0.5, 0.6) is 0 Å². The average molecular weight is 305 g/mol. The minimum Gasteiger partial charge on any atom is -0.206 e. The number of nitriles is 1. The van der Waals surface area contributed by atoms with Crippen molar-refractivity contribution in [3.63, 3.8) is 0 Å². The van der Waals surface area contributed by atoms with Gasteiger partial charge in [-0.3, -0.25) is 0 Å². The van der Waals surface area contributed by atoms with Gasteiger partial charge in [-0.25, -0.2) is 8.78 Å². The molecule has 2 rings (SSSR count). The summed E-state index contributed by atoms with van der Waals surface area (Å²) >= 11 is 0. The molecule has 0 aliphatic carbocycles. The van der Waals surface area contributed by atoms with E-state index in [2.05, 4.69) is 0 Å². The van der Waals surface area contributed by atoms with Crippen molar-refractivity contribution in [2.75, 3.05) is 0 Å². The van der Waals surface area contributed by atoms with Crippen LogP contribution in [0.4, 0.5) is 17.6 Å². The van der Waals surface area contributed by atoms with E-state index < -0.39 is 17.7 Å². The van der Waals surface area contributed by atoms with E-state index in [1.54, 1.807) is 0 Å². The van der Waals surface area contributed by atoms with Gasteiger partial charge in [0.2, 0.25) is 0 Å². The number of rotatable bonds is 4. The normalized spacial score (nSPS) is 10.1. The molecular formula is C17H11F4N. The highest BCUT2D eigenvalue weighted by Gasteiger charge is 2.13. The molecule has 0 aliphatic heterocycles. The smallest absolute Gasteiger partial charge is 0.206 e. The molecule has 0 radical (unpaired) electrons. The third-order valence-electron chi connectivity index (χ3n) is 3.14. The van der Waals surface area contributed by atoms with Gasteiger partial charge in [0.05, 0.1) is 17.2 Å². The molecular weight excluding hydrogens is 294 g/mol. The summed E-state index contributed by atoms with van der Waals surface area (Å²) in [5.74, 6) is -1.52. The third kappa shape index (κ3) is 3.73. The van der Waals surface area contributed by atoms with Crippen LogP contribution in [-0.4, -0.2) is 0 Å². The molecule has 0 bridgehead atoms. The third-order valence-corrected chi connectivity index (χ3v) is 3.14. The molecule has 0 heterocycles. The Morgan fingerprint density at radius 2 is 1.64 bits per heavy atom. The molecule has 0 spiro atoms. The summed E-state index contributed by atoms with van der Waals surface area (Å²) in [6.07, 6.45) is -0.962. The molecule has 0 N–H and O–H groups in total. The molecule has 0 fully saturated rings. The molecule has 0 unspecified atom stereocenters. The Balaban J connectivity index is 2.30. The van der Waals surface area contributed by atoms with Gasteiger partial charge >= 0.3 is 0 Å². The predicted molar refractivity (Wildman–Crippen MR) is 75.1 cm³/mol. The van der Waals surface area contributed by atoms with Crippen molar-refractivity contribution >= 4 is 0 Å². The van der Waals surface area contributed by atoms with E-state index in [1.165, 1.54) is 24.3 Å². The molecule has 0 amide bonds. The highest BCUT2D eigenvalue weighted by Crippen LogP contribution is 2.28. The Kier molecular flexibility index (Phi) is 4.95. The van der Waals surface area contributed by atoms with Crippen LogP contribution in [0.25, 0.3) is 11.1 Å². The Hall–Kier alpha value is -2.61. The molecule has 0 saturated carbocycles. The number of hydrogen-bond acceptors (Lipinski definition) is 1. The molecule has 0 saturated heterocycles. The number of allylic oxidation sites excluding steroid dienone is 1. The average Bonchev–Trinajstić information content (AvgIpc) is 2.47. The first-order valence-electron chi connectivity index (χ1n) is 6.51. The number of benzene rings is 2. The first-order chi connectivity index (χ1) is 10.5. The zero-order chi connectivity index (χ0) is 16.1. The molecule has 0 aromatic heterocycles. The van der Waals surface area contributed by atoms with E-state index in [9.17, 15) is 17.6 Å².